The maximum atomic E-state index is 13.3. The zero-order valence-corrected chi connectivity index (χ0v) is 23.3. The van der Waals surface area contributed by atoms with Crippen molar-refractivity contribution in [3.8, 4) is 0 Å². The Morgan fingerprint density at radius 1 is 0.552 bits per heavy atom. The Morgan fingerprint density at radius 2 is 0.724 bits per heavy atom. The minimum Gasteiger partial charge on any atom is -0.246 e. The summed E-state index contributed by atoms with van der Waals surface area (Å²) in [6.45, 7) is 14.4. The van der Waals surface area contributed by atoms with E-state index in [1.807, 2.05) is 74.1 Å². The topological polar surface area (TPSA) is 71.8 Å². The predicted octanol–water partition coefficient (Wildman–Crippen LogP) is 5.97. The highest BCUT2D eigenvalue weighted by Crippen LogP contribution is 2.65. The van der Waals surface area contributed by atoms with Crippen LogP contribution in [0.25, 0.3) is 0 Å². The summed E-state index contributed by atoms with van der Waals surface area (Å²) in [7, 11) is -4.24. The van der Waals surface area contributed by atoms with Crippen molar-refractivity contribution in [1.82, 2.24) is 18.7 Å². The van der Waals surface area contributed by atoms with E-state index in [4.69, 9.17) is 22.5 Å². The second-order valence-electron chi connectivity index (χ2n) is 6.16. The first-order valence-corrected chi connectivity index (χ1v) is 16.9. The van der Waals surface area contributed by atoms with Gasteiger partial charge in [-0.3, -0.25) is 0 Å². The molecule has 0 aliphatic carbocycles. The molecule has 0 bridgehead atoms. The Hall–Kier alpha value is 0.830. The number of nitrogens with zero attached hydrogens (tertiary/aromatic N) is 6. The lowest BCUT2D eigenvalue weighted by Gasteiger charge is -2.38. The highest BCUT2D eigenvalue weighted by Gasteiger charge is 2.36. The Labute approximate surface area is 189 Å². The molecular weight excluding hydrogens is 473 g/mol. The van der Waals surface area contributed by atoms with E-state index in [1.54, 1.807) is 0 Å². The summed E-state index contributed by atoms with van der Waals surface area (Å²) in [6, 6.07) is 0. The van der Waals surface area contributed by atoms with E-state index in [-0.39, 0.29) is 0 Å². The van der Waals surface area contributed by atoms with Crippen LogP contribution in [-0.2, 0) is 10.2 Å². The van der Waals surface area contributed by atoms with Crippen LogP contribution in [0.1, 0.15) is 55.4 Å². The molecule has 0 aliphatic heterocycles. The minimum absolute atomic E-state index is 0.594. The van der Waals surface area contributed by atoms with Crippen molar-refractivity contribution < 1.29 is 8.42 Å². The molecule has 176 valence electrons. The van der Waals surface area contributed by atoms with Crippen LogP contribution < -0.4 is 0 Å². The van der Waals surface area contributed by atoms with Crippen LogP contribution in [0, 0.1) is 0 Å². The number of rotatable bonds is 14. The summed E-state index contributed by atoms with van der Waals surface area (Å²) >= 11 is 14.0. The van der Waals surface area contributed by atoms with Gasteiger partial charge in [0.05, 0.1) is 0 Å². The lowest BCUT2D eigenvalue weighted by Crippen LogP contribution is -2.31. The molecule has 0 saturated carbocycles. The third-order valence-electron chi connectivity index (χ3n) is 4.77. The molecule has 0 unspecified atom stereocenters. The maximum Gasteiger partial charge on any atom is 0.367 e. The SMILES string of the molecule is CCN(CC)P(Cl)(=NS(=O)(=O)N=P(Cl)(N(CC)CC)N(CC)CC)N(CC)CC. The molecule has 0 saturated heterocycles. The van der Waals surface area contributed by atoms with Gasteiger partial charge in [-0.2, -0.15) is 8.42 Å². The fourth-order valence-electron chi connectivity index (χ4n) is 3.18. The van der Waals surface area contributed by atoms with E-state index in [9.17, 15) is 8.42 Å². The van der Waals surface area contributed by atoms with Gasteiger partial charge < -0.3 is 0 Å². The van der Waals surface area contributed by atoms with E-state index in [0.717, 1.165) is 0 Å². The maximum absolute atomic E-state index is 13.3. The Balaban J connectivity index is 6.92. The molecule has 0 fully saturated rings. The van der Waals surface area contributed by atoms with Gasteiger partial charge in [0.15, 0.2) is 0 Å². The van der Waals surface area contributed by atoms with Crippen LogP contribution in [0.2, 0.25) is 0 Å². The summed E-state index contributed by atoms with van der Waals surface area (Å²) < 4.78 is 42.6. The highest BCUT2D eigenvalue weighted by molar-refractivity contribution is 8.02. The normalized spacial score (nSPS) is 13.7. The molecule has 0 aromatic rings. The summed E-state index contributed by atoms with van der Waals surface area (Å²) in [5.41, 5.74) is 0. The fraction of sp³-hybridized carbons (Fsp3) is 1.00. The average Bonchev–Trinajstić information content (AvgIpc) is 2.64. The van der Waals surface area contributed by atoms with Crippen molar-refractivity contribution in [2.75, 3.05) is 52.4 Å². The molecule has 0 spiro atoms. The first-order valence-electron chi connectivity index (χ1n) is 10.4. The zero-order valence-electron chi connectivity index (χ0n) is 19.2. The van der Waals surface area contributed by atoms with Crippen LogP contribution in [0.3, 0.4) is 0 Å². The first kappa shape index (κ1) is 29.8. The van der Waals surface area contributed by atoms with E-state index in [0.29, 0.717) is 52.4 Å². The molecular formula is C16H40Cl2N6O2P2S. The Kier molecular flexibility index (Phi) is 13.8. The van der Waals surface area contributed by atoms with Gasteiger partial charge in [0, 0.05) is 52.4 Å². The standard InChI is InChI=1S/C16H40Cl2N6O2P2S/c1-9-21(10-2)27(17,22(11-3)12-4)19-29(25,26)20-28(18,23(13-5)14-6)24(15-7)16-8/h9-16H2,1-8H3. The van der Waals surface area contributed by atoms with Crippen molar-refractivity contribution in [2.24, 2.45) is 8.30 Å². The molecule has 13 heteroatoms. The van der Waals surface area contributed by atoms with Crippen molar-refractivity contribution >= 4 is 46.1 Å². The monoisotopic (exact) mass is 512 g/mol. The van der Waals surface area contributed by atoms with E-state index >= 15 is 0 Å². The summed E-state index contributed by atoms with van der Waals surface area (Å²) in [5.74, 6) is 0. The van der Waals surface area contributed by atoms with Crippen LogP contribution in [-0.4, -0.2) is 79.5 Å². The van der Waals surface area contributed by atoms with Gasteiger partial charge in [0.1, 0.15) is 0 Å². The quantitative estimate of drug-likeness (QED) is 0.267. The number of halogens is 2. The molecule has 0 heterocycles. The molecule has 0 radical (unpaired) electrons. The Morgan fingerprint density at radius 3 is 0.862 bits per heavy atom. The van der Waals surface area contributed by atoms with Gasteiger partial charge in [-0.1, -0.05) is 55.4 Å². The van der Waals surface area contributed by atoms with Gasteiger partial charge in [0.25, 0.3) is 0 Å². The van der Waals surface area contributed by atoms with Crippen LogP contribution >= 0.6 is 35.9 Å². The third kappa shape index (κ3) is 7.44. The molecule has 0 aliphatic rings. The highest BCUT2D eigenvalue weighted by atomic mass is 35.7. The largest absolute Gasteiger partial charge is 0.367 e. The average molecular weight is 513 g/mol. The minimum atomic E-state index is -4.24. The summed E-state index contributed by atoms with van der Waals surface area (Å²) in [4.78, 5) is 0. The molecule has 29 heavy (non-hydrogen) atoms. The van der Waals surface area contributed by atoms with Crippen LogP contribution in [0.15, 0.2) is 8.30 Å². The van der Waals surface area contributed by atoms with Gasteiger partial charge >= 0.3 is 10.2 Å². The molecule has 0 aromatic carbocycles. The molecule has 0 atom stereocenters. The van der Waals surface area contributed by atoms with Crippen LogP contribution in [0.5, 0.6) is 0 Å². The van der Waals surface area contributed by atoms with Crippen molar-refractivity contribution in [1.29, 1.82) is 0 Å². The second kappa shape index (κ2) is 13.4. The molecule has 0 rings (SSSR count). The Bertz CT molecular complexity index is 608. The first-order chi connectivity index (χ1) is 13.5. The molecule has 8 nitrogen and oxygen atoms in total. The van der Waals surface area contributed by atoms with Crippen molar-refractivity contribution in [3.05, 3.63) is 0 Å². The summed E-state index contributed by atoms with van der Waals surface area (Å²) in [5, 5.41) is 0. The van der Waals surface area contributed by atoms with Crippen LogP contribution in [0.4, 0.5) is 0 Å². The van der Waals surface area contributed by atoms with Crippen molar-refractivity contribution in [2.45, 2.75) is 55.4 Å². The van der Waals surface area contributed by atoms with E-state index in [1.165, 1.54) is 0 Å². The lowest BCUT2D eigenvalue weighted by molar-refractivity contribution is 0.424. The van der Waals surface area contributed by atoms with Gasteiger partial charge in [0.2, 0.25) is 13.4 Å². The lowest BCUT2D eigenvalue weighted by atomic mass is 10.7. The predicted molar refractivity (Wildman–Crippen MR) is 131 cm³/mol. The smallest absolute Gasteiger partial charge is 0.246 e. The molecule has 0 N–H and O–H groups in total. The fourth-order valence-corrected chi connectivity index (χ4v) is 14.9. The number of hydrogen-bond acceptors (Lipinski definition) is 2. The zero-order chi connectivity index (χ0) is 22.9. The van der Waals surface area contributed by atoms with E-state index < -0.39 is 23.6 Å². The molecule has 0 aromatic heterocycles. The molecule has 0 amide bonds. The van der Waals surface area contributed by atoms with Gasteiger partial charge in [-0.05, 0) is 22.5 Å². The van der Waals surface area contributed by atoms with Crippen molar-refractivity contribution in [3.63, 3.8) is 0 Å². The van der Waals surface area contributed by atoms with Gasteiger partial charge in [-0.25, -0.2) is 18.7 Å². The summed E-state index contributed by atoms with van der Waals surface area (Å²) in [6.07, 6.45) is 0. The number of hydrogen-bond donors (Lipinski definition) is 0. The second-order valence-corrected chi connectivity index (χ2v) is 15.3. The van der Waals surface area contributed by atoms with Gasteiger partial charge in [-0.15, -0.1) is 8.30 Å². The van der Waals surface area contributed by atoms with E-state index in [2.05, 4.69) is 8.30 Å². The third-order valence-corrected chi connectivity index (χ3v) is 16.9.